The number of rotatable bonds is 4. The Balaban J connectivity index is 1.55. The summed E-state index contributed by atoms with van der Waals surface area (Å²) in [5, 5.41) is 0. The Morgan fingerprint density at radius 3 is 2.42 bits per heavy atom. The Labute approximate surface area is 141 Å². The predicted octanol–water partition coefficient (Wildman–Crippen LogP) is 3.16. The van der Waals surface area contributed by atoms with Crippen LogP contribution in [0.3, 0.4) is 0 Å². The minimum absolute atomic E-state index is 0.397. The van der Waals surface area contributed by atoms with Gasteiger partial charge in [0.05, 0.1) is 0 Å². The SMILES string of the molecule is Cc1cnc(N(C)C2CCN(Cc3ccc(F)c(F)c3)CC2)nc1. The van der Waals surface area contributed by atoms with Crippen molar-refractivity contribution in [2.75, 3.05) is 25.0 Å². The van der Waals surface area contributed by atoms with Gasteiger partial charge in [-0.1, -0.05) is 6.07 Å². The zero-order valence-electron chi connectivity index (χ0n) is 14.0. The molecule has 1 fully saturated rings. The van der Waals surface area contributed by atoms with Crippen LogP contribution in [0.15, 0.2) is 30.6 Å². The summed E-state index contributed by atoms with van der Waals surface area (Å²) in [7, 11) is 2.03. The van der Waals surface area contributed by atoms with Crippen molar-refractivity contribution in [2.45, 2.75) is 32.4 Å². The molecular formula is C18H22F2N4. The normalized spacial score (nSPS) is 16.3. The molecule has 1 aliphatic rings. The van der Waals surface area contributed by atoms with Crippen LogP contribution in [0.2, 0.25) is 0 Å². The molecule has 3 rings (SSSR count). The van der Waals surface area contributed by atoms with Gasteiger partial charge in [0, 0.05) is 45.1 Å². The number of benzene rings is 1. The molecule has 24 heavy (non-hydrogen) atoms. The van der Waals surface area contributed by atoms with Gasteiger partial charge in [-0.3, -0.25) is 4.90 Å². The number of hydrogen-bond acceptors (Lipinski definition) is 4. The van der Waals surface area contributed by atoms with E-state index in [1.165, 1.54) is 12.1 Å². The van der Waals surface area contributed by atoms with E-state index in [4.69, 9.17) is 0 Å². The molecule has 128 valence electrons. The molecule has 0 saturated carbocycles. The maximum atomic E-state index is 13.3. The van der Waals surface area contributed by atoms with Gasteiger partial charge in [0.1, 0.15) is 0 Å². The van der Waals surface area contributed by atoms with Crippen LogP contribution in [0.4, 0.5) is 14.7 Å². The molecule has 0 amide bonds. The number of halogens is 2. The number of aromatic nitrogens is 2. The number of aryl methyl sites for hydroxylation is 1. The van der Waals surface area contributed by atoms with Crippen molar-refractivity contribution in [3.63, 3.8) is 0 Å². The Morgan fingerprint density at radius 1 is 1.12 bits per heavy atom. The summed E-state index contributed by atoms with van der Waals surface area (Å²) in [6, 6.07) is 4.53. The summed E-state index contributed by atoms with van der Waals surface area (Å²) >= 11 is 0. The van der Waals surface area contributed by atoms with Crippen molar-refractivity contribution < 1.29 is 8.78 Å². The third kappa shape index (κ3) is 3.87. The van der Waals surface area contributed by atoms with E-state index in [-0.39, 0.29) is 0 Å². The zero-order chi connectivity index (χ0) is 17.1. The molecule has 0 atom stereocenters. The molecule has 0 aliphatic carbocycles. The molecule has 0 spiro atoms. The Hall–Kier alpha value is -2.08. The Bertz CT molecular complexity index is 682. The first-order valence-electron chi connectivity index (χ1n) is 8.20. The monoisotopic (exact) mass is 332 g/mol. The lowest BCUT2D eigenvalue weighted by Crippen LogP contribution is -2.43. The predicted molar refractivity (Wildman–Crippen MR) is 89.8 cm³/mol. The number of piperidine rings is 1. The first kappa shape index (κ1) is 16.8. The topological polar surface area (TPSA) is 32.3 Å². The van der Waals surface area contributed by atoms with E-state index in [1.807, 2.05) is 26.4 Å². The van der Waals surface area contributed by atoms with E-state index in [0.717, 1.165) is 43.0 Å². The quantitative estimate of drug-likeness (QED) is 0.861. The van der Waals surface area contributed by atoms with Crippen LogP contribution in [0.5, 0.6) is 0 Å². The minimum Gasteiger partial charge on any atom is -0.341 e. The van der Waals surface area contributed by atoms with Gasteiger partial charge in [0.25, 0.3) is 0 Å². The zero-order valence-corrected chi connectivity index (χ0v) is 14.0. The minimum atomic E-state index is -0.794. The Morgan fingerprint density at radius 2 is 1.79 bits per heavy atom. The van der Waals surface area contributed by atoms with Crippen molar-refractivity contribution in [1.82, 2.24) is 14.9 Å². The fourth-order valence-corrected chi connectivity index (χ4v) is 3.09. The van der Waals surface area contributed by atoms with Crippen LogP contribution < -0.4 is 4.90 Å². The third-order valence-corrected chi connectivity index (χ3v) is 4.58. The largest absolute Gasteiger partial charge is 0.341 e. The average Bonchev–Trinajstić information content (AvgIpc) is 2.59. The molecule has 1 aromatic heterocycles. The van der Waals surface area contributed by atoms with Gasteiger partial charge < -0.3 is 4.90 Å². The Kier molecular flexibility index (Phi) is 5.04. The first-order chi connectivity index (χ1) is 11.5. The molecule has 0 radical (unpaired) electrons. The second-order valence-electron chi connectivity index (χ2n) is 6.43. The third-order valence-electron chi connectivity index (χ3n) is 4.58. The lowest BCUT2D eigenvalue weighted by molar-refractivity contribution is 0.202. The van der Waals surface area contributed by atoms with Gasteiger partial charge in [-0.15, -0.1) is 0 Å². The average molecular weight is 332 g/mol. The van der Waals surface area contributed by atoms with Gasteiger partial charge in [0.15, 0.2) is 11.6 Å². The summed E-state index contributed by atoms with van der Waals surface area (Å²) in [6.07, 6.45) is 5.66. The number of nitrogens with zero attached hydrogens (tertiary/aromatic N) is 4. The highest BCUT2D eigenvalue weighted by molar-refractivity contribution is 5.30. The molecule has 1 aromatic carbocycles. The van der Waals surface area contributed by atoms with Crippen molar-refractivity contribution >= 4 is 5.95 Å². The van der Waals surface area contributed by atoms with E-state index in [2.05, 4.69) is 19.8 Å². The second kappa shape index (κ2) is 7.21. The van der Waals surface area contributed by atoms with Crippen LogP contribution in [0.25, 0.3) is 0 Å². The van der Waals surface area contributed by atoms with E-state index < -0.39 is 11.6 Å². The molecule has 2 aromatic rings. The summed E-state index contributed by atoms with van der Waals surface area (Å²) in [5.41, 5.74) is 1.86. The van der Waals surface area contributed by atoms with Crippen molar-refractivity contribution in [3.8, 4) is 0 Å². The van der Waals surface area contributed by atoms with Crippen LogP contribution >= 0.6 is 0 Å². The van der Waals surface area contributed by atoms with Gasteiger partial charge in [-0.05, 0) is 43.0 Å². The van der Waals surface area contributed by atoms with Crippen molar-refractivity contribution in [1.29, 1.82) is 0 Å². The summed E-state index contributed by atoms with van der Waals surface area (Å²) < 4.78 is 26.3. The molecule has 4 nitrogen and oxygen atoms in total. The maximum Gasteiger partial charge on any atom is 0.225 e. The number of likely N-dealkylation sites (tertiary alicyclic amines) is 1. The number of anilines is 1. The summed E-state index contributed by atoms with van der Waals surface area (Å²) in [4.78, 5) is 13.2. The van der Waals surface area contributed by atoms with Crippen LogP contribution in [-0.2, 0) is 6.54 Å². The molecule has 0 N–H and O–H groups in total. The standard InChI is InChI=1S/C18H22F2N4/c1-13-10-21-18(22-11-13)23(2)15-5-7-24(8-6-15)12-14-3-4-16(19)17(20)9-14/h3-4,9-11,15H,5-8,12H2,1-2H3. The molecule has 1 aliphatic heterocycles. The lowest BCUT2D eigenvalue weighted by Gasteiger charge is -2.36. The van der Waals surface area contributed by atoms with Crippen molar-refractivity contribution in [3.05, 3.63) is 53.4 Å². The number of hydrogen-bond donors (Lipinski definition) is 0. The highest BCUT2D eigenvalue weighted by Gasteiger charge is 2.24. The fourth-order valence-electron chi connectivity index (χ4n) is 3.09. The smallest absolute Gasteiger partial charge is 0.225 e. The molecule has 2 heterocycles. The van der Waals surface area contributed by atoms with Crippen LogP contribution in [0.1, 0.15) is 24.0 Å². The summed E-state index contributed by atoms with van der Waals surface area (Å²) in [6.45, 7) is 4.45. The lowest BCUT2D eigenvalue weighted by atomic mass is 10.0. The van der Waals surface area contributed by atoms with E-state index in [1.54, 1.807) is 6.07 Å². The van der Waals surface area contributed by atoms with Crippen LogP contribution in [-0.4, -0.2) is 41.0 Å². The van der Waals surface area contributed by atoms with E-state index in [9.17, 15) is 8.78 Å². The molecule has 6 heteroatoms. The van der Waals surface area contributed by atoms with Crippen molar-refractivity contribution in [2.24, 2.45) is 0 Å². The highest BCUT2D eigenvalue weighted by atomic mass is 19.2. The first-order valence-corrected chi connectivity index (χ1v) is 8.20. The molecule has 0 bridgehead atoms. The van der Waals surface area contributed by atoms with Gasteiger partial charge >= 0.3 is 0 Å². The van der Waals surface area contributed by atoms with E-state index >= 15 is 0 Å². The molecule has 1 saturated heterocycles. The van der Waals surface area contributed by atoms with Gasteiger partial charge in [0.2, 0.25) is 5.95 Å². The fraction of sp³-hybridized carbons (Fsp3) is 0.444. The summed E-state index contributed by atoms with van der Waals surface area (Å²) in [5.74, 6) is -0.824. The van der Waals surface area contributed by atoms with Gasteiger partial charge in [-0.25, -0.2) is 18.7 Å². The second-order valence-corrected chi connectivity index (χ2v) is 6.43. The maximum absolute atomic E-state index is 13.3. The van der Waals surface area contributed by atoms with Gasteiger partial charge in [-0.2, -0.15) is 0 Å². The van der Waals surface area contributed by atoms with Crippen LogP contribution in [0, 0.1) is 18.6 Å². The molecule has 0 unspecified atom stereocenters. The highest BCUT2D eigenvalue weighted by Crippen LogP contribution is 2.21. The van der Waals surface area contributed by atoms with E-state index in [0.29, 0.717) is 12.6 Å². The molecular weight excluding hydrogens is 310 g/mol.